The van der Waals surface area contributed by atoms with Gasteiger partial charge in [0.2, 0.25) is 0 Å². The zero-order valence-corrected chi connectivity index (χ0v) is 71.3. The smallest absolute Gasteiger partial charge is 0.252 e. The summed E-state index contributed by atoms with van der Waals surface area (Å²) in [6, 6.07) is 141. The molecule has 2 aliphatic carbocycles. The second kappa shape index (κ2) is 27.7. The molecule has 0 radical (unpaired) electrons. The number of rotatable bonds is 11. The van der Waals surface area contributed by atoms with E-state index in [0.717, 1.165) is 113 Å². The molecule has 0 unspecified atom stereocenters. The van der Waals surface area contributed by atoms with E-state index < -0.39 is 0 Å². The summed E-state index contributed by atoms with van der Waals surface area (Å²) in [5.41, 5.74) is 41.2. The molecule has 0 N–H and O–H groups in total. The average Bonchev–Trinajstić information content (AvgIpc) is 0.805. The number of benzene rings is 17. The number of para-hydroxylation sites is 2. The molecule has 0 atom stereocenters. The Morgan fingerprint density at radius 2 is 0.556 bits per heavy atom. The highest BCUT2D eigenvalue weighted by Gasteiger charge is 2.46. The van der Waals surface area contributed by atoms with Gasteiger partial charge in [-0.15, -0.1) is 0 Å². The van der Waals surface area contributed by atoms with Crippen LogP contribution in [0.5, 0.6) is 0 Å². The molecular weight excluding hydrogens is 1500 g/mol. The van der Waals surface area contributed by atoms with Crippen LogP contribution in [0, 0.1) is 0 Å². The Kier molecular flexibility index (Phi) is 16.4. The highest BCUT2D eigenvalue weighted by Crippen LogP contribution is 2.54. The highest BCUT2D eigenvalue weighted by molar-refractivity contribution is 7.00. The first-order chi connectivity index (χ1) is 60.4. The Balaban J connectivity index is 0.781. The molecule has 2 aliphatic heterocycles. The summed E-state index contributed by atoms with van der Waals surface area (Å²) in [5, 5.41) is 6.98. The second-order valence-electron chi connectivity index (χ2n) is 38.0. The van der Waals surface area contributed by atoms with Gasteiger partial charge in [-0.3, -0.25) is 0 Å². The predicted molar refractivity (Wildman–Crippen MR) is 525 cm³/mol. The third-order valence-corrected chi connectivity index (χ3v) is 28.9. The van der Waals surface area contributed by atoms with Crippen molar-refractivity contribution in [1.29, 1.82) is 0 Å². The summed E-state index contributed by atoms with van der Waals surface area (Å²) in [6.07, 6.45) is 4.63. The van der Waals surface area contributed by atoms with E-state index in [0.29, 0.717) is 0 Å². The van der Waals surface area contributed by atoms with Crippen molar-refractivity contribution in [2.75, 3.05) is 9.80 Å². The molecule has 0 fully saturated rings. The van der Waals surface area contributed by atoms with E-state index in [1.165, 1.54) is 140 Å². The molecule has 6 heteroatoms. The molecular formula is C118H93BN4O. The van der Waals surface area contributed by atoms with Gasteiger partial charge in [0.25, 0.3) is 6.71 Å². The fourth-order valence-electron chi connectivity index (χ4n) is 21.9. The largest absolute Gasteiger partial charge is 0.455 e. The zero-order chi connectivity index (χ0) is 83.2. The molecule has 0 bridgehead atoms. The Bertz CT molecular complexity index is 7180. The van der Waals surface area contributed by atoms with Crippen LogP contribution in [0.1, 0.15) is 103 Å². The quantitative estimate of drug-likeness (QED) is 0.121. The van der Waals surface area contributed by atoms with E-state index in [2.05, 4.69) is 444 Å². The Hall–Kier alpha value is -14.2. The molecule has 0 saturated carbocycles. The van der Waals surface area contributed by atoms with Crippen molar-refractivity contribution in [2.24, 2.45) is 0 Å². The number of furan rings is 1. The number of hydrogen-bond donors (Lipinski definition) is 0. The van der Waals surface area contributed by atoms with Gasteiger partial charge in [0.05, 0.1) is 22.1 Å². The molecule has 17 aromatic carbocycles. The van der Waals surface area contributed by atoms with Crippen molar-refractivity contribution < 1.29 is 4.42 Å². The van der Waals surface area contributed by atoms with Crippen LogP contribution in [0.25, 0.3) is 155 Å². The van der Waals surface area contributed by atoms with Crippen LogP contribution < -0.4 is 26.2 Å². The van der Waals surface area contributed by atoms with Gasteiger partial charge >= 0.3 is 0 Å². The molecule has 0 spiro atoms. The van der Waals surface area contributed by atoms with Gasteiger partial charge in [0.1, 0.15) is 11.2 Å². The van der Waals surface area contributed by atoms with Gasteiger partial charge in [-0.2, -0.15) is 0 Å². The third kappa shape index (κ3) is 11.7. The van der Waals surface area contributed by atoms with E-state index in [1.54, 1.807) is 0 Å². The normalized spacial score (nSPS) is 15.2. The molecule has 124 heavy (non-hydrogen) atoms. The Morgan fingerprint density at radius 1 is 0.234 bits per heavy atom. The molecule has 3 aromatic heterocycles. The van der Waals surface area contributed by atoms with Crippen LogP contribution in [-0.2, 0) is 21.7 Å². The van der Waals surface area contributed by atoms with E-state index in [1.807, 2.05) is 0 Å². The maximum absolute atomic E-state index is 7.21. The molecule has 20 aromatic rings. The van der Waals surface area contributed by atoms with Crippen molar-refractivity contribution in [3.63, 3.8) is 0 Å². The number of anilines is 6. The third-order valence-electron chi connectivity index (χ3n) is 28.9. The van der Waals surface area contributed by atoms with Crippen molar-refractivity contribution in [2.45, 2.75) is 103 Å². The maximum Gasteiger partial charge on any atom is 0.252 e. The number of fused-ring (bicyclic) bond motifs is 15. The summed E-state index contributed by atoms with van der Waals surface area (Å²) in [4.78, 5) is 5.25. The Morgan fingerprint density at radius 3 is 0.952 bits per heavy atom. The topological polar surface area (TPSA) is 29.5 Å². The first-order valence-corrected chi connectivity index (χ1v) is 44.3. The lowest BCUT2D eigenvalue weighted by Crippen LogP contribution is -2.61. The minimum atomic E-state index is -0.258. The summed E-state index contributed by atoms with van der Waals surface area (Å²) in [7, 11) is 0. The molecule has 4 aliphatic rings. The van der Waals surface area contributed by atoms with Gasteiger partial charge in [0.15, 0.2) is 0 Å². The van der Waals surface area contributed by atoms with E-state index in [9.17, 15) is 0 Å². The van der Waals surface area contributed by atoms with Crippen molar-refractivity contribution in [3.05, 3.63) is 392 Å². The predicted octanol–water partition coefficient (Wildman–Crippen LogP) is 30.2. The lowest BCUT2D eigenvalue weighted by Gasteiger charge is -2.44. The SMILES string of the molecule is CC1(C)CCC(C)(C)c2cc(-c3ccc(N4c5cc(-n6c7ccc(-c8ccccc8)cc7c7cc(-c8ccccc8)ccc76)ccc5B5c6ccc(-n7c8ccc(-c9ccccc9)cc8c8cc(-c9ccccc9)ccc87)cc6N(c6ccc(-c7ccc8c(c7)C(C)(C)CCC8(C)C)cc6)c6cc(-c7cccc8c7oc7ccccc78)cc4c65)cc3)ccc21. The van der Waals surface area contributed by atoms with Gasteiger partial charge < -0.3 is 23.4 Å². The summed E-state index contributed by atoms with van der Waals surface area (Å²) < 4.78 is 12.3. The lowest BCUT2D eigenvalue weighted by molar-refractivity contribution is 0.332. The molecule has 5 nitrogen and oxygen atoms in total. The number of aromatic nitrogens is 2. The first-order valence-electron chi connectivity index (χ1n) is 44.3. The van der Waals surface area contributed by atoms with Crippen LogP contribution in [0.15, 0.2) is 374 Å². The van der Waals surface area contributed by atoms with Gasteiger partial charge in [-0.1, -0.05) is 310 Å². The van der Waals surface area contributed by atoms with Gasteiger partial charge in [-0.25, -0.2) is 0 Å². The fourth-order valence-corrected chi connectivity index (χ4v) is 21.9. The van der Waals surface area contributed by atoms with Crippen LogP contribution in [0.2, 0.25) is 0 Å². The molecule has 5 heterocycles. The van der Waals surface area contributed by atoms with Crippen LogP contribution in [0.3, 0.4) is 0 Å². The van der Waals surface area contributed by atoms with Crippen LogP contribution in [-0.4, -0.2) is 15.8 Å². The minimum absolute atomic E-state index is 0.0478. The van der Waals surface area contributed by atoms with Gasteiger partial charge in [0, 0.05) is 83.4 Å². The number of nitrogens with zero attached hydrogens (tertiary/aromatic N) is 4. The van der Waals surface area contributed by atoms with Crippen LogP contribution in [0.4, 0.5) is 34.1 Å². The second-order valence-corrected chi connectivity index (χ2v) is 38.0. The van der Waals surface area contributed by atoms with E-state index >= 15 is 0 Å². The van der Waals surface area contributed by atoms with Crippen molar-refractivity contribution in [3.8, 4) is 89.3 Å². The van der Waals surface area contributed by atoms with Crippen molar-refractivity contribution in [1.82, 2.24) is 9.13 Å². The Labute approximate surface area is 725 Å². The maximum atomic E-state index is 7.21. The molecule has 0 saturated heterocycles. The van der Waals surface area contributed by atoms with Gasteiger partial charge in [-0.05, 0) is 274 Å². The summed E-state index contributed by atoms with van der Waals surface area (Å²) in [5.74, 6) is 0. The first kappa shape index (κ1) is 73.7. The van der Waals surface area contributed by atoms with E-state index in [4.69, 9.17) is 4.42 Å². The highest BCUT2D eigenvalue weighted by atomic mass is 16.3. The zero-order valence-electron chi connectivity index (χ0n) is 71.3. The average molecular weight is 1590 g/mol. The molecule has 24 rings (SSSR count). The van der Waals surface area contributed by atoms with E-state index in [-0.39, 0.29) is 28.4 Å². The lowest BCUT2D eigenvalue weighted by atomic mass is 9.33. The summed E-state index contributed by atoms with van der Waals surface area (Å²) >= 11 is 0. The fraction of sp³-hybridized carbons (Fsp3) is 0.136. The number of hydrogen-bond acceptors (Lipinski definition) is 3. The van der Waals surface area contributed by atoms with Crippen LogP contribution >= 0.6 is 0 Å². The standard InChI is InChI=1S/C118H93BN4O/c1-115(2)60-62-117(5,6)100-68-84(40-52-98(100)115)78-36-46-87(47-37-78)120-108-72-89(122-104-56-42-80(74-24-13-9-14-25-74)64-94(104)95-65-81(43-57-105(95)122)75-26-15-10-16-27-75)50-54-102(108)119-103-55-51-90(123-106-58-44-82(76-28-17-11-18-29-76)66-96(106)97-67-83(45-59-107(97)123)77-30-19-12-20-31-77)73-109(103)121(88-48-38-79(39-49-88)85-41-53-99-101(69-85)118(7,8)63-61-116(99,3)4)111-71-86(70-110(120)113(111)119)91-33-23-34-93-92-32-21-22-35-112(92)124-114(91)93/h9-59,64-73H,60-63H2,1-8H3. The monoisotopic (exact) mass is 1590 g/mol. The molecule has 594 valence electrons. The minimum Gasteiger partial charge on any atom is -0.455 e. The van der Waals surface area contributed by atoms with Crippen molar-refractivity contribution >= 4 is 123 Å². The summed E-state index contributed by atoms with van der Waals surface area (Å²) in [6.45, 7) is 19.2. The molecule has 0 amide bonds.